The smallest absolute Gasteiger partial charge is 0.251 e. The van der Waals surface area contributed by atoms with Crippen molar-refractivity contribution >= 4 is 16.7 Å². The fourth-order valence-corrected chi connectivity index (χ4v) is 2.44. The van der Waals surface area contributed by atoms with Gasteiger partial charge >= 0.3 is 0 Å². The summed E-state index contributed by atoms with van der Waals surface area (Å²) in [5, 5.41) is 7.45. The first-order valence-corrected chi connectivity index (χ1v) is 7.44. The summed E-state index contributed by atoms with van der Waals surface area (Å²) < 4.78 is 13.7. The van der Waals surface area contributed by atoms with Crippen LogP contribution in [0.25, 0.3) is 10.8 Å². The molecule has 2 N–H and O–H groups in total. The fraction of sp³-hybridized carbons (Fsp3) is 0.353. The van der Waals surface area contributed by atoms with Crippen LogP contribution in [0.15, 0.2) is 36.4 Å². The summed E-state index contributed by atoms with van der Waals surface area (Å²) in [6.45, 7) is 1.55. The number of nitrogens with one attached hydrogen (secondary N) is 2. The quantitative estimate of drug-likeness (QED) is 0.802. The minimum atomic E-state index is -0.296. The second kappa shape index (κ2) is 6.22. The third-order valence-corrected chi connectivity index (χ3v) is 3.76. The van der Waals surface area contributed by atoms with E-state index >= 15 is 0 Å². The Morgan fingerprint density at radius 1 is 1.10 bits per heavy atom. The highest BCUT2D eigenvalue weighted by Crippen LogP contribution is 2.21. The number of hydrogen-bond donors (Lipinski definition) is 2. The van der Waals surface area contributed by atoms with E-state index in [1.807, 2.05) is 6.07 Å². The van der Waals surface area contributed by atoms with Crippen LogP contribution in [0.2, 0.25) is 0 Å². The molecule has 0 spiro atoms. The summed E-state index contributed by atoms with van der Waals surface area (Å²) in [6, 6.07) is 10.7. The Kier molecular flexibility index (Phi) is 4.15. The van der Waals surface area contributed by atoms with E-state index in [-0.39, 0.29) is 11.7 Å². The van der Waals surface area contributed by atoms with Crippen molar-refractivity contribution in [3.63, 3.8) is 0 Å². The number of carbonyl (C=O) groups excluding carboxylic acids is 1. The fourth-order valence-electron chi connectivity index (χ4n) is 2.44. The molecule has 0 aromatic heterocycles. The lowest BCUT2D eigenvalue weighted by molar-refractivity contribution is 0.0955. The Balaban J connectivity index is 1.62. The zero-order valence-electron chi connectivity index (χ0n) is 11.9. The summed E-state index contributed by atoms with van der Waals surface area (Å²) in [5.41, 5.74) is 0.530. The van der Waals surface area contributed by atoms with Gasteiger partial charge in [-0.25, -0.2) is 4.39 Å². The summed E-state index contributed by atoms with van der Waals surface area (Å²) in [4.78, 5) is 12.2. The number of halogens is 1. The first kappa shape index (κ1) is 14.0. The van der Waals surface area contributed by atoms with Crippen molar-refractivity contribution < 1.29 is 9.18 Å². The highest BCUT2D eigenvalue weighted by Gasteiger charge is 2.19. The van der Waals surface area contributed by atoms with Gasteiger partial charge in [-0.1, -0.05) is 24.3 Å². The largest absolute Gasteiger partial charge is 0.352 e. The van der Waals surface area contributed by atoms with Crippen LogP contribution in [0, 0.1) is 5.82 Å². The number of rotatable bonds is 6. The van der Waals surface area contributed by atoms with Crippen LogP contribution in [-0.4, -0.2) is 25.0 Å². The predicted octanol–water partition coefficient (Wildman–Crippen LogP) is 2.85. The summed E-state index contributed by atoms with van der Waals surface area (Å²) in [6.07, 6.45) is 3.45. The summed E-state index contributed by atoms with van der Waals surface area (Å²) in [7, 11) is 0. The maximum atomic E-state index is 13.7. The van der Waals surface area contributed by atoms with Gasteiger partial charge in [0.25, 0.3) is 5.91 Å². The summed E-state index contributed by atoms with van der Waals surface area (Å²) >= 11 is 0. The van der Waals surface area contributed by atoms with Crippen LogP contribution in [-0.2, 0) is 0 Å². The van der Waals surface area contributed by atoms with E-state index in [1.165, 1.54) is 18.9 Å². The minimum absolute atomic E-state index is 0.141. The molecule has 3 nitrogen and oxygen atoms in total. The van der Waals surface area contributed by atoms with E-state index in [0.717, 1.165) is 13.0 Å². The van der Waals surface area contributed by atoms with Gasteiger partial charge in [0.05, 0.1) is 0 Å². The van der Waals surface area contributed by atoms with Gasteiger partial charge in [0.1, 0.15) is 5.82 Å². The second-order valence-electron chi connectivity index (χ2n) is 5.48. The van der Waals surface area contributed by atoms with E-state index in [1.54, 1.807) is 24.3 Å². The van der Waals surface area contributed by atoms with Crippen molar-refractivity contribution in [2.75, 3.05) is 13.1 Å². The monoisotopic (exact) mass is 286 g/mol. The Labute approximate surface area is 123 Å². The molecular weight excluding hydrogens is 267 g/mol. The number of amides is 1. The molecule has 4 heteroatoms. The van der Waals surface area contributed by atoms with Crippen LogP contribution < -0.4 is 10.6 Å². The van der Waals surface area contributed by atoms with E-state index in [4.69, 9.17) is 0 Å². The average molecular weight is 286 g/mol. The van der Waals surface area contributed by atoms with Gasteiger partial charge in [-0.15, -0.1) is 0 Å². The highest BCUT2D eigenvalue weighted by molar-refractivity contribution is 6.07. The molecule has 1 amide bonds. The molecule has 21 heavy (non-hydrogen) atoms. The van der Waals surface area contributed by atoms with Crippen LogP contribution in [0.1, 0.15) is 29.6 Å². The molecule has 0 atom stereocenters. The highest BCUT2D eigenvalue weighted by atomic mass is 19.1. The molecule has 1 aliphatic rings. The maximum Gasteiger partial charge on any atom is 0.251 e. The number of benzene rings is 2. The Bertz CT molecular complexity index is 652. The molecule has 1 aliphatic carbocycles. The molecule has 0 unspecified atom stereocenters. The van der Waals surface area contributed by atoms with Crippen molar-refractivity contribution in [2.24, 2.45) is 0 Å². The van der Waals surface area contributed by atoms with Gasteiger partial charge in [-0.3, -0.25) is 4.79 Å². The van der Waals surface area contributed by atoms with Gasteiger partial charge in [0.15, 0.2) is 0 Å². The van der Waals surface area contributed by atoms with E-state index in [0.29, 0.717) is 28.9 Å². The average Bonchev–Trinajstić information content (AvgIpc) is 3.31. The van der Waals surface area contributed by atoms with Crippen molar-refractivity contribution in [3.8, 4) is 0 Å². The first-order chi connectivity index (χ1) is 10.3. The molecule has 2 aromatic rings. The van der Waals surface area contributed by atoms with Crippen molar-refractivity contribution in [2.45, 2.75) is 25.3 Å². The van der Waals surface area contributed by atoms with E-state index < -0.39 is 0 Å². The van der Waals surface area contributed by atoms with Gasteiger partial charge in [0, 0.05) is 23.5 Å². The van der Waals surface area contributed by atoms with Gasteiger partial charge in [0.2, 0.25) is 0 Å². The molecule has 0 saturated heterocycles. The molecule has 0 bridgehead atoms. The van der Waals surface area contributed by atoms with Crippen molar-refractivity contribution in [1.82, 2.24) is 10.6 Å². The van der Waals surface area contributed by atoms with Crippen molar-refractivity contribution in [3.05, 3.63) is 47.8 Å². The molecule has 0 heterocycles. The Hall–Kier alpha value is -1.94. The number of carbonyl (C=O) groups is 1. The lowest BCUT2D eigenvalue weighted by Crippen LogP contribution is -2.28. The molecule has 3 rings (SSSR count). The number of hydrogen-bond acceptors (Lipinski definition) is 2. The minimum Gasteiger partial charge on any atom is -0.352 e. The molecule has 0 aliphatic heterocycles. The molecule has 1 saturated carbocycles. The topological polar surface area (TPSA) is 41.1 Å². The van der Waals surface area contributed by atoms with E-state index in [9.17, 15) is 9.18 Å². The van der Waals surface area contributed by atoms with Crippen LogP contribution >= 0.6 is 0 Å². The Morgan fingerprint density at radius 3 is 2.62 bits per heavy atom. The zero-order valence-corrected chi connectivity index (χ0v) is 11.9. The van der Waals surface area contributed by atoms with Crippen molar-refractivity contribution in [1.29, 1.82) is 0 Å². The molecule has 0 radical (unpaired) electrons. The zero-order chi connectivity index (χ0) is 14.7. The maximum absolute atomic E-state index is 13.7. The molecular formula is C17H19FN2O. The third kappa shape index (κ3) is 3.39. The van der Waals surface area contributed by atoms with Gasteiger partial charge in [-0.2, -0.15) is 0 Å². The lowest BCUT2D eigenvalue weighted by Gasteiger charge is -2.09. The first-order valence-electron chi connectivity index (χ1n) is 7.44. The normalized spacial score (nSPS) is 14.3. The van der Waals surface area contributed by atoms with Crippen LogP contribution in [0.3, 0.4) is 0 Å². The van der Waals surface area contributed by atoms with E-state index in [2.05, 4.69) is 10.6 Å². The summed E-state index contributed by atoms with van der Waals surface area (Å²) in [5.74, 6) is -0.437. The molecule has 2 aromatic carbocycles. The standard InChI is InChI=1S/C17H19FN2O/c18-16-9-8-15(13-4-1-2-5-14(13)16)17(21)20-11-3-10-19-12-6-7-12/h1-2,4-5,8-9,12,19H,3,6-7,10-11H2,(H,20,21). The predicted molar refractivity (Wildman–Crippen MR) is 81.9 cm³/mol. The number of fused-ring (bicyclic) bond motifs is 1. The van der Waals surface area contributed by atoms with Gasteiger partial charge < -0.3 is 10.6 Å². The van der Waals surface area contributed by atoms with Crippen LogP contribution in [0.4, 0.5) is 4.39 Å². The lowest BCUT2D eigenvalue weighted by atomic mass is 10.0. The van der Waals surface area contributed by atoms with Crippen LogP contribution in [0.5, 0.6) is 0 Å². The molecule has 1 fully saturated rings. The second-order valence-corrected chi connectivity index (χ2v) is 5.48. The Morgan fingerprint density at radius 2 is 1.86 bits per heavy atom. The van der Waals surface area contributed by atoms with Gasteiger partial charge in [-0.05, 0) is 43.3 Å². The molecule has 110 valence electrons. The third-order valence-electron chi connectivity index (χ3n) is 3.76. The SMILES string of the molecule is O=C(NCCCNC1CC1)c1ccc(F)c2ccccc12.